The third kappa shape index (κ3) is 3.20. The molecule has 0 aromatic heterocycles. The second-order valence-corrected chi connectivity index (χ2v) is 4.96. The van der Waals surface area contributed by atoms with Crippen LogP contribution in [0.2, 0.25) is 0 Å². The Balaban J connectivity index is 2.27. The van der Waals surface area contributed by atoms with Crippen LogP contribution in [0, 0.1) is 5.82 Å². The van der Waals surface area contributed by atoms with E-state index in [4.69, 9.17) is 4.74 Å². The van der Waals surface area contributed by atoms with Gasteiger partial charge in [0.15, 0.2) is 5.78 Å². The van der Waals surface area contributed by atoms with Crippen LogP contribution in [-0.2, 0) is 6.42 Å². The minimum absolute atomic E-state index is 0.00733. The van der Waals surface area contributed by atoms with E-state index in [-0.39, 0.29) is 23.5 Å². The van der Waals surface area contributed by atoms with E-state index in [1.54, 1.807) is 6.07 Å². The molecule has 98 valence electrons. The van der Waals surface area contributed by atoms with E-state index in [2.05, 4.69) is 15.9 Å². The summed E-state index contributed by atoms with van der Waals surface area (Å²) in [6.45, 7) is 0. The molecule has 19 heavy (non-hydrogen) atoms. The van der Waals surface area contributed by atoms with Crippen molar-refractivity contribution in [3.63, 3.8) is 0 Å². The Morgan fingerprint density at radius 1 is 1.21 bits per heavy atom. The number of ether oxygens (including phenoxy) is 1. The van der Waals surface area contributed by atoms with Crippen molar-refractivity contribution >= 4 is 21.7 Å². The number of rotatable bonds is 4. The highest BCUT2D eigenvalue weighted by atomic mass is 79.9. The number of methoxy groups -OCH3 is 1. The summed E-state index contributed by atoms with van der Waals surface area (Å²) in [5, 5.41) is 0. The highest BCUT2D eigenvalue weighted by molar-refractivity contribution is 9.10. The predicted molar refractivity (Wildman–Crippen MR) is 75.1 cm³/mol. The van der Waals surface area contributed by atoms with Crippen LogP contribution in [0.25, 0.3) is 0 Å². The Morgan fingerprint density at radius 3 is 2.53 bits per heavy atom. The first-order chi connectivity index (χ1) is 9.11. The summed E-state index contributed by atoms with van der Waals surface area (Å²) in [6, 6.07) is 11.7. The lowest BCUT2D eigenvalue weighted by Gasteiger charge is -2.08. The third-order valence-electron chi connectivity index (χ3n) is 2.75. The van der Waals surface area contributed by atoms with Gasteiger partial charge in [0.1, 0.15) is 11.6 Å². The molecular weight excluding hydrogens is 311 g/mol. The number of benzene rings is 2. The van der Waals surface area contributed by atoms with Crippen LogP contribution in [0.3, 0.4) is 0 Å². The van der Waals surface area contributed by atoms with Crippen molar-refractivity contribution in [2.45, 2.75) is 6.42 Å². The number of halogens is 2. The monoisotopic (exact) mass is 322 g/mol. The summed E-state index contributed by atoms with van der Waals surface area (Å²) in [4.78, 5) is 12.2. The third-order valence-corrected chi connectivity index (χ3v) is 3.28. The number of hydrogen-bond donors (Lipinski definition) is 0. The molecule has 2 nitrogen and oxygen atoms in total. The summed E-state index contributed by atoms with van der Waals surface area (Å²) in [6.07, 6.45) is 0.143. The molecule has 0 saturated carbocycles. The summed E-state index contributed by atoms with van der Waals surface area (Å²) in [5.41, 5.74) is 0.839. The average molecular weight is 323 g/mol. The number of carbonyl (C=O) groups is 1. The Bertz CT molecular complexity index is 594. The van der Waals surface area contributed by atoms with Crippen molar-refractivity contribution < 1.29 is 13.9 Å². The first kappa shape index (κ1) is 13.7. The molecule has 2 aromatic rings. The first-order valence-electron chi connectivity index (χ1n) is 5.72. The molecule has 0 saturated heterocycles. The molecule has 0 spiro atoms. The Kier molecular flexibility index (Phi) is 4.32. The van der Waals surface area contributed by atoms with Gasteiger partial charge in [-0.3, -0.25) is 4.79 Å². The molecule has 0 amide bonds. The van der Waals surface area contributed by atoms with Crippen LogP contribution in [0.4, 0.5) is 4.39 Å². The number of Topliss-reactive ketones (excluding diaryl/α,β-unsaturated/α-hetero) is 1. The topological polar surface area (TPSA) is 26.3 Å². The highest BCUT2D eigenvalue weighted by Crippen LogP contribution is 2.23. The predicted octanol–water partition coefficient (Wildman–Crippen LogP) is 4.02. The van der Waals surface area contributed by atoms with Crippen LogP contribution in [0.5, 0.6) is 5.75 Å². The fourth-order valence-electron chi connectivity index (χ4n) is 1.82. The molecule has 2 rings (SSSR count). The molecule has 0 bridgehead atoms. The zero-order chi connectivity index (χ0) is 13.8. The van der Waals surface area contributed by atoms with Gasteiger partial charge in [0.05, 0.1) is 12.7 Å². The zero-order valence-corrected chi connectivity index (χ0v) is 11.9. The highest BCUT2D eigenvalue weighted by Gasteiger charge is 2.17. The van der Waals surface area contributed by atoms with E-state index in [1.165, 1.54) is 19.2 Å². The summed E-state index contributed by atoms with van der Waals surface area (Å²) < 4.78 is 19.7. The van der Waals surface area contributed by atoms with Crippen LogP contribution in [0.1, 0.15) is 15.9 Å². The van der Waals surface area contributed by atoms with Gasteiger partial charge in [0.2, 0.25) is 0 Å². The number of hydrogen-bond acceptors (Lipinski definition) is 2. The van der Waals surface area contributed by atoms with Gasteiger partial charge < -0.3 is 4.74 Å². The standard InChI is InChI=1S/C15H12BrFO2/c1-19-14-4-2-3-12(17)15(14)13(18)9-10-5-7-11(16)8-6-10/h2-8H,9H2,1H3. The molecule has 0 aliphatic rings. The maximum atomic E-state index is 13.7. The Hall–Kier alpha value is -1.68. The van der Waals surface area contributed by atoms with Crippen molar-refractivity contribution in [2.75, 3.05) is 7.11 Å². The lowest BCUT2D eigenvalue weighted by atomic mass is 10.0. The molecule has 0 heterocycles. The quantitative estimate of drug-likeness (QED) is 0.795. The molecular formula is C15H12BrFO2. The van der Waals surface area contributed by atoms with Gasteiger partial charge in [-0.25, -0.2) is 4.39 Å². The molecule has 0 aliphatic heterocycles. The van der Waals surface area contributed by atoms with Crippen molar-refractivity contribution in [1.82, 2.24) is 0 Å². The minimum Gasteiger partial charge on any atom is -0.496 e. The van der Waals surface area contributed by atoms with E-state index in [9.17, 15) is 9.18 Å². The van der Waals surface area contributed by atoms with Gasteiger partial charge in [-0.05, 0) is 29.8 Å². The molecule has 0 aliphatic carbocycles. The van der Waals surface area contributed by atoms with Gasteiger partial charge >= 0.3 is 0 Å². The largest absolute Gasteiger partial charge is 0.496 e. The Labute approximate surface area is 119 Å². The summed E-state index contributed by atoms with van der Waals surface area (Å²) in [7, 11) is 1.42. The van der Waals surface area contributed by atoms with Crippen molar-refractivity contribution in [3.05, 3.63) is 63.9 Å². The Morgan fingerprint density at radius 2 is 1.89 bits per heavy atom. The fourth-order valence-corrected chi connectivity index (χ4v) is 2.09. The SMILES string of the molecule is COc1cccc(F)c1C(=O)Cc1ccc(Br)cc1. The average Bonchev–Trinajstić information content (AvgIpc) is 2.40. The summed E-state index contributed by atoms with van der Waals surface area (Å²) in [5.74, 6) is -0.583. The van der Waals surface area contributed by atoms with E-state index < -0.39 is 5.82 Å². The summed E-state index contributed by atoms with van der Waals surface area (Å²) >= 11 is 3.33. The van der Waals surface area contributed by atoms with E-state index >= 15 is 0 Å². The number of carbonyl (C=O) groups excluding carboxylic acids is 1. The minimum atomic E-state index is -0.554. The van der Waals surface area contributed by atoms with Crippen LogP contribution in [-0.4, -0.2) is 12.9 Å². The molecule has 0 radical (unpaired) electrons. The van der Waals surface area contributed by atoms with Crippen molar-refractivity contribution in [1.29, 1.82) is 0 Å². The van der Waals surface area contributed by atoms with E-state index in [1.807, 2.05) is 24.3 Å². The number of ketones is 1. The molecule has 4 heteroatoms. The first-order valence-corrected chi connectivity index (χ1v) is 6.51. The maximum absolute atomic E-state index is 13.7. The zero-order valence-electron chi connectivity index (χ0n) is 10.3. The molecule has 0 unspecified atom stereocenters. The lowest BCUT2D eigenvalue weighted by Crippen LogP contribution is -2.08. The maximum Gasteiger partial charge on any atom is 0.173 e. The van der Waals surface area contributed by atoms with Gasteiger partial charge in [0, 0.05) is 10.9 Å². The van der Waals surface area contributed by atoms with Crippen molar-refractivity contribution in [2.24, 2.45) is 0 Å². The van der Waals surface area contributed by atoms with Crippen LogP contribution >= 0.6 is 15.9 Å². The van der Waals surface area contributed by atoms with Gasteiger partial charge in [-0.15, -0.1) is 0 Å². The molecule has 0 atom stereocenters. The molecule has 0 fully saturated rings. The van der Waals surface area contributed by atoms with Gasteiger partial charge in [-0.2, -0.15) is 0 Å². The van der Waals surface area contributed by atoms with Gasteiger partial charge in [0.25, 0.3) is 0 Å². The van der Waals surface area contributed by atoms with E-state index in [0.29, 0.717) is 0 Å². The lowest BCUT2D eigenvalue weighted by molar-refractivity contribution is 0.0986. The van der Waals surface area contributed by atoms with E-state index in [0.717, 1.165) is 10.0 Å². The molecule has 2 aromatic carbocycles. The van der Waals surface area contributed by atoms with Crippen molar-refractivity contribution in [3.8, 4) is 5.75 Å². The molecule has 0 N–H and O–H groups in total. The second-order valence-electron chi connectivity index (χ2n) is 4.04. The smallest absolute Gasteiger partial charge is 0.173 e. The van der Waals surface area contributed by atoms with Gasteiger partial charge in [-0.1, -0.05) is 34.1 Å². The fraction of sp³-hybridized carbons (Fsp3) is 0.133. The van der Waals surface area contributed by atoms with Crippen LogP contribution in [0.15, 0.2) is 46.9 Å². The van der Waals surface area contributed by atoms with Crippen LogP contribution < -0.4 is 4.74 Å². The second kappa shape index (κ2) is 5.97. The normalized spacial score (nSPS) is 10.3.